The Morgan fingerprint density at radius 3 is 2.87 bits per heavy atom. The normalized spacial score (nSPS) is 15.5. The number of hydrogen-bond acceptors (Lipinski definition) is 2. The largest absolute Gasteiger partial charge is 0.336 e. The fourth-order valence-electron chi connectivity index (χ4n) is 1.74. The van der Waals surface area contributed by atoms with Crippen LogP contribution >= 0.6 is 0 Å². The van der Waals surface area contributed by atoms with Gasteiger partial charge in [0.15, 0.2) is 0 Å². The van der Waals surface area contributed by atoms with Crippen molar-refractivity contribution in [3.8, 4) is 0 Å². The molecule has 0 bridgehead atoms. The fourth-order valence-corrected chi connectivity index (χ4v) is 1.74. The second-order valence-corrected chi connectivity index (χ2v) is 3.68. The highest BCUT2D eigenvalue weighted by Gasteiger charge is 2.18. The van der Waals surface area contributed by atoms with Crippen molar-refractivity contribution < 1.29 is 4.79 Å². The van der Waals surface area contributed by atoms with Gasteiger partial charge < -0.3 is 16.0 Å². The average Bonchev–Trinajstić information content (AvgIpc) is 2.65. The molecule has 2 amide bonds. The molecule has 0 spiro atoms. The lowest BCUT2D eigenvalue weighted by molar-refractivity contribution is 0.215. The first-order chi connectivity index (χ1) is 7.29. The number of benzene rings is 1. The van der Waals surface area contributed by atoms with Gasteiger partial charge in [-0.25, -0.2) is 4.79 Å². The van der Waals surface area contributed by atoms with Crippen molar-refractivity contribution in [1.82, 2.24) is 10.2 Å². The molecule has 4 heteroatoms. The zero-order valence-electron chi connectivity index (χ0n) is 8.57. The summed E-state index contributed by atoms with van der Waals surface area (Å²) in [5.74, 6) is 0. The molecule has 0 aromatic heterocycles. The van der Waals surface area contributed by atoms with E-state index >= 15 is 0 Å². The molecule has 4 nitrogen and oxygen atoms in total. The Morgan fingerprint density at radius 2 is 2.20 bits per heavy atom. The molecule has 0 saturated carbocycles. The molecule has 80 valence electrons. The number of rotatable bonds is 3. The van der Waals surface area contributed by atoms with Crippen LogP contribution in [0.2, 0.25) is 0 Å². The first-order valence-corrected chi connectivity index (χ1v) is 5.10. The first-order valence-electron chi connectivity index (χ1n) is 5.10. The Bertz CT molecular complexity index is 365. The number of carbonyl (C=O) groups is 1. The number of nitrogens with two attached hydrogens (primary N) is 1. The fraction of sp³-hybridized carbons (Fsp3) is 0.364. The molecule has 2 rings (SSSR count). The zero-order chi connectivity index (χ0) is 10.7. The van der Waals surface area contributed by atoms with Crippen molar-refractivity contribution in [3.05, 3.63) is 35.4 Å². The standard InChI is InChI=1S/C11H15N3O/c12-7-9-2-1-3-10(6-9)8-14-5-4-13-11(14)15/h1-3,6H,4-5,7-8,12H2,(H,13,15). The molecular formula is C11H15N3O. The Labute approximate surface area is 89.1 Å². The van der Waals surface area contributed by atoms with Crippen molar-refractivity contribution in [2.45, 2.75) is 13.1 Å². The molecule has 0 aliphatic carbocycles. The molecular weight excluding hydrogens is 190 g/mol. The second-order valence-electron chi connectivity index (χ2n) is 3.68. The lowest BCUT2D eigenvalue weighted by Crippen LogP contribution is -2.27. The number of amides is 2. The van der Waals surface area contributed by atoms with Crippen LogP contribution in [0.1, 0.15) is 11.1 Å². The van der Waals surface area contributed by atoms with Crippen molar-refractivity contribution >= 4 is 6.03 Å². The predicted molar refractivity (Wildman–Crippen MR) is 58.1 cm³/mol. The van der Waals surface area contributed by atoms with E-state index in [9.17, 15) is 4.79 Å². The monoisotopic (exact) mass is 205 g/mol. The van der Waals surface area contributed by atoms with E-state index in [4.69, 9.17) is 5.73 Å². The molecule has 0 atom stereocenters. The summed E-state index contributed by atoms with van der Waals surface area (Å²) in [6.45, 7) is 2.74. The molecule has 0 radical (unpaired) electrons. The van der Waals surface area contributed by atoms with Gasteiger partial charge in [-0.05, 0) is 11.1 Å². The van der Waals surface area contributed by atoms with Crippen LogP contribution in [0.15, 0.2) is 24.3 Å². The molecule has 1 fully saturated rings. The average molecular weight is 205 g/mol. The number of hydrogen-bond donors (Lipinski definition) is 2. The third kappa shape index (κ3) is 2.27. The van der Waals surface area contributed by atoms with Crippen LogP contribution in [0, 0.1) is 0 Å². The van der Waals surface area contributed by atoms with Gasteiger partial charge in [0, 0.05) is 26.2 Å². The molecule has 15 heavy (non-hydrogen) atoms. The zero-order valence-corrected chi connectivity index (χ0v) is 8.57. The summed E-state index contributed by atoms with van der Waals surface area (Å²) >= 11 is 0. The van der Waals surface area contributed by atoms with E-state index < -0.39 is 0 Å². The molecule has 3 N–H and O–H groups in total. The van der Waals surface area contributed by atoms with E-state index in [1.54, 1.807) is 4.90 Å². The van der Waals surface area contributed by atoms with Gasteiger partial charge in [-0.2, -0.15) is 0 Å². The van der Waals surface area contributed by atoms with Gasteiger partial charge in [0.25, 0.3) is 0 Å². The van der Waals surface area contributed by atoms with Crippen LogP contribution in [0.25, 0.3) is 0 Å². The maximum Gasteiger partial charge on any atom is 0.317 e. The van der Waals surface area contributed by atoms with Crippen LogP contribution in [-0.4, -0.2) is 24.0 Å². The highest BCUT2D eigenvalue weighted by Crippen LogP contribution is 2.09. The van der Waals surface area contributed by atoms with Crippen LogP contribution in [-0.2, 0) is 13.1 Å². The molecule has 0 unspecified atom stereocenters. The smallest absolute Gasteiger partial charge is 0.317 e. The van der Waals surface area contributed by atoms with Crippen LogP contribution < -0.4 is 11.1 Å². The van der Waals surface area contributed by atoms with E-state index in [2.05, 4.69) is 5.32 Å². The van der Waals surface area contributed by atoms with Gasteiger partial charge in [0.2, 0.25) is 0 Å². The Balaban J connectivity index is 2.06. The Kier molecular flexibility index (Phi) is 2.87. The van der Waals surface area contributed by atoms with Crippen molar-refractivity contribution in [2.75, 3.05) is 13.1 Å². The highest BCUT2D eigenvalue weighted by atomic mass is 16.2. The number of nitrogens with zero attached hydrogens (tertiary/aromatic N) is 1. The van der Waals surface area contributed by atoms with E-state index in [0.717, 1.165) is 24.2 Å². The molecule has 1 saturated heterocycles. The summed E-state index contributed by atoms with van der Waals surface area (Å²) in [5, 5.41) is 2.78. The van der Waals surface area contributed by atoms with Gasteiger partial charge in [-0.1, -0.05) is 24.3 Å². The third-order valence-corrected chi connectivity index (χ3v) is 2.55. The molecule has 1 aromatic rings. The Hall–Kier alpha value is -1.55. The number of carbonyl (C=O) groups excluding carboxylic acids is 1. The van der Waals surface area contributed by atoms with E-state index in [-0.39, 0.29) is 6.03 Å². The van der Waals surface area contributed by atoms with Crippen LogP contribution in [0.5, 0.6) is 0 Å². The van der Waals surface area contributed by atoms with Crippen molar-refractivity contribution in [3.63, 3.8) is 0 Å². The molecule has 1 aromatic carbocycles. The topological polar surface area (TPSA) is 58.4 Å². The summed E-state index contributed by atoms with van der Waals surface area (Å²) < 4.78 is 0. The minimum atomic E-state index is 0.0214. The highest BCUT2D eigenvalue weighted by molar-refractivity contribution is 5.76. The lowest BCUT2D eigenvalue weighted by Gasteiger charge is -2.14. The van der Waals surface area contributed by atoms with Crippen molar-refractivity contribution in [1.29, 1.82) is 0 Å². The predicted octanol–water partition coefficient (Wildman–Crippen LogP) is 0.670. The summed E-state index contributed by atoms with van der Waals surface area (Å²) in [4.78, 5) is 13.1. The first kappa shape index (κ1) is 9.98. The van der Waals surface area contributed by atoms with Crippen LogP contribution in [0.3, 0.4) is 0 Å². The molecule has 1 aliphatic heterocycles. The third-order valence-electron chi connectivity index (χ3n) is 2.55. The molecule has 1 aliphatic rings. The lowest BCUT2D eigenvalue weighted by atomic mass is 10.1. The summed E-state index contributed by atoms with van der Waals surface area (Å²) in [5.41, 5.74) is 7.80. The summed E-state index contributed by atoms with van der Waals surface area (Å²) in [6.07, 6.45) is 0. The van der Waals surface area contributed by atoms with Gasteiger partial charge in [-0.3, -0.25) is 0 Å². The maximum absolute atomic E-state index is 11.3. The Morgan fingerprint density at radius 1 is 1.40 bits per heavy atom. The van der Waals surface area contributed by atoms with E-state index in [1.807, 2.05) is 24.3 Å². The minimum absolute atomic E-state index is 0.0214. The number of nitrogens with one attached hydrogen (secondary N) is 1. The number of urea groups is 1. The minimum Gasteiger partial charge on any atom is -0.336 e. The van der Waals surface area contributed by atoms with E-state index in [0.29, 0.717) is 13.1 Å². The summed E-state index contributed by atoms with van der Waals surface area (Å²) in [7, 11) is 0. The van der Waals surface area contributed by atoms with Crippen LogP contribution in [0.4, 0.5) is 4.79 Å². The van der Waals surface area contributed by atoms with E-state index in [1.165, 1.54) is 0 Å². The van der Waals surface area contributed by atoms with Gasteiger partial charge >= 0.3 is 6.03 Å². The second kappa shape index (κ2) is 4.31. The van der Waals surface area contributed by atoms with Gasteiger partial charge in [-0.15, -0.1) is 0 Å². The summed E-state index contributed by atoms with van der Waals surface area (Å²) in [6, 6.07) is 8.06. The SMILES string of the molecule is NCc1cccc(CN2CCNC2=O)c1. The maximum atomic E-state index is 11.3. The molecule has 1 heterocycles. The van der Waals surface area contributed by atoms with Gasteiger partial charge in [0.1, 0.15) is 0 Å². The van der Waals surface area contributed by atoms with Gasteiger partial charge in [0.05, 0.1) is 0 Å². The quantitative estimate of drug-likeness (QED) is 0.762. The van der Waals surface area contributed by atoms with Crippen molar-refractivity contribution in [2.24, 2.45) is 5.73 Å².